The molecule has 85 heavy (non-hydrogen) atoms. The molecular formula is C56H90O29. The summed E-state index contributed by atoms with van der Waals surface area (Å²) in [6.45, 7) is 4.34. The van der Waals surface area contributed by atoms with Crippen molar-refractivity contribution in [1.82, 2.24) is 0 Å². The molecular weight excluding hydrogens is 1140 g/mol. The van der Waals surface area contributed by atoms with E-state index in [2.05, 4.69) is 13.0 Å². The molecule has 0 amide bonds. The smallest absolute Gasteiger partial charge is 0.187 e. The molecule has 29 heteroatoms. The quantitative estimate of drug-likeness (QED) is 0.0568. The molecule has 35 atom stereocenters. The molecule has 4 aliphatic carbocycles. The van der Waals surface area contributed by atoms with E-state index >= 15 is 0 Å². The maximum Gasteiger partial charge on any atom is 0.187 e. The lowest BCUT2D eigenvalue weighted by Crippen LogP contribution is -2.68. The Balaban J connectivity index is 0.782. The van der Waals surface area contributed by atoms with Crippen molar-refractivity contribution in [2.24, 2.45) is 46.3 Å². The Morgan fingerprint density at radius 2 is 1.16 bits per heavy atom. The molecule has 0 spiro atoms. The number of allylic oxidation sites excluding steroid dienone is 1. The molecule has 10 aliphatic rings. The van der Waals surface area contributed by atoms with Gasteiger partial charge in [0.1, 0.15) is 122 Å². The Morgan fingerprint density at radius 3 is 1.82 bits per heavy atom. The molecule has 0 aromatic rings. The van der Waals surface area contributed by atoms with Gasteiger partial charge in [-0.15, -0.1) is 0 Å². The minimum Gasteiger partial charge on any atom is -0.394 e. The zero-order valence-electron chi connectivity index (χ0n) is 48.0. The van der Waals surface area contributed by atoms with Crippen molar-refractivity contribution in [3.63, 3.8) is 0 Å². The van der Waals surface area contributed by atoms with E-state index in [0.717, 1.165) is 5.57 Å². The molecule has 0 aromatic heterocycles. The predicted molar refractivity (Wildman–Crippen MR) is 279 cm³/mol. The second kappa shape index (κ2) is 26.1. The molecule has 10 rings (SSSR count). The molecule has 0 aromatic carbocycles. The SMILES string of the molecule is CC(CCC1(O)OC2CC3C4CC=C5CC(OC6OC(CO)C(OC7OC(CO)C(O)C(OC8OCC(O)C(O)C8O)C7OC7OC(CO)C(O)C(O)C7O)C(O)C6O)CCC5(C)C4CC(=O)C3(C)C2C1C)COC1OC(CO)C(O)C(O)C1O. The average Bonchev–Trinajstić information content (AvgIpc) is 1.70. The van der Waals surface area contributed by atoms with Gasteiger partial charge in [0, 0.05) is 30.1 Å². The van der Waals surface area contributed by atoms with Gasteiger partial charge in [-0.2, -0.15) is 0 Å². The van der Waals surface area contributed by atoms with E-state index in [1.165, 1.54) is 0 Å². The van der Waals surface area contributed by atoms with E-state index in [0.29, 0.717) is 44.9 Å². The second-order valence-corrected chi connectivity index (χ2v) is 26.1. The van der Waals surface area contributed by atoms with E-state index in [4.69, 9.17) is 52.1 Å². The topological polar surface area (TPSA) is 463 Å². The zero-order chi connectivity index (χ0) is 61.5. The number of Topliss-reactive ketones (excluding diaryl/α,β-unsaturated/α-hetero) is 1. The summed E-state index contributed by atoms with van der Waals surface area (Å²) < 4.78 is 65.5. The number of carbonyl (C=O) groups excluding carboxylic acids is 1. The summed E-state index contributed by atoms with van der Waals surface area (Å²) in [4.78, 5) is 14.8. The van der Waals surface area contributed by atoms with E-state index in [1.807, 2.05) is 20.8 Å². The Kier molecular flexibility index (Phi) is 20.3. The summed E-state index contributed by atoms with van der Waals surface area (Å²) in [5.74, 6) is -2.11. The van der Waals surface area contributed by atoms with Crippen LogP contribution < -0.4 is 0 Å². The summed E-state index contributed by atoms with van der Waals surface area (Å²) in [6.07, 6.45) is -36.1. The van der Waals surface area contributed by atoms with Crippen LogP contribution in [0.3, 0.4) is 0 Å². The van der Waals surface area contributed by atoms with Crippen LogP contribution in [-0.4, -0.2) is 298 Å². The summed E-state index contributed by atoms with van der Waals surface area (Å²) in [6, 6.07) is 0. The maximum atomic E-state index is 14.8. The van der Waals surface area contributed by atoms with Crippen molar-refractivity contribution in [3.8, 4) is 0 Å². The lowest BCUT2D eigenvalue weighted by molar-refractivity contribution is -0.403. The molecule has 0 bridgehead atoms. The first-order valence-corrected chi connectivity index (χ1v) is 29.9. The number of hydrogen-bond donors (Lipinski definition) is 17. The monoisotopic (exact) mass is 1230 g/mol. The zero-order valence-corrected chi connectivity index (χ0v) is 48.0. The highest BCUT2D eigenvalue weighted by molar-refractivity contribution is 5.87. The normalized spacial score (nSPS) is 54.0. The largest absolute Gasteiger partial charge is 0.394 e. The van der Waals surface area contributed by atoms with Crippen LogP contribution in [0.25, 0.3) is 0 Å². The number of hydrogen-bond acceptors (Lipinski definition) is 29. The number of aliphatic hydroxyl groups excluding tert-OH is 16. The van der Waals surface area contributed by atoms with Gasteiger partial charge in [0.25, 0.3) is 0 Å². The van der Waals surface area contributed by atoms with Gasteiger partial charge in [0.15, 0.2) is 37.2 Å². The van der Waals surface area contributed by atoms with Gasteiger partial charge in [-0.1, -0.05) is 39.3 Å². The van der Waals surface area contributed by atoms with Crippen LogP contribution in [0.1, 0.15) is 79.1 Å². The fourth-order valence-electron chi connectivity index (χ4n) is 15.9. The van der Waals surface area contributed by atoms with Gasteiger partial charge >= 0.3 is 0 Å². The average molecular weight is 1230 g/mol. The fourth-order valence-corrected chi connectivity index (χ4v) is 15.9. The van der Waals surface area contributed by atoms with E-state index in [9.17, 15) is 91.6 Å². The molecule has 6 saturated heterocycles. The summed E-state index contributed by atoms with van der Waals surface area (Å²) in [7, 11) is 0. The Hall–Kier alpha value is -1.71. The third-order valence-corrected chi connectivity index (χ3v) is 21.1. The van der Waals surface area contributed by atoms with Gasteiger partial charge in [-0.3, -0.25) is 4.79 Å². The van der Waals surface area contributed by atoms with Crippen LogP contribution in [0.5, 0.6) is 0 Å². The van der Waals surface area contributed by atoms with E-state index < -0.39 is 209 Å². The Morgan fingerprint density at radius 1 is 0.612 bits per heavy atom. The third-order valence-electron chi connectivity index (χ3n) is 21.1. The van der Waals surface area contributed by atoms with Crippen LogP contribution in [0.4, 0.5) is 0 Å². The Labute approximate surface area is 490 Å². The number of rotatable bonds is 18. The molecule has 0 radical (unpaired) electrons. The first-order chi connectivity index (χ1) is 40.2. The minimum absolute atomic E-state index is 0.0154. The van der Waals surface area contributed by atoms with Gasteiger partial charge in [0.2, 0.25) is 0 Å². The van der Waals surface area contributed by atoms with Crippen molar-refractivity contribution in [2.75, 3.05) is 39.6 Å². The number of aliphatic hydroxyl groups is 17. The van der Waals surface area contributed by atoms with Gasteiger partial charge < -0.3 is 139 Å². The Bertz CT molecular complexity index is 2280. The third kappa shape index (κ3) is 12.0. The van der Waals surface area contributed by atoms with Crippen molar-refractivity contribution >= 4 is 5.78 Å². The van der Waals surface area contributed by atoms with E-state index in [1.54, 1.807) is 0 Å². The van der Waals surface area contributed by atoms with Crippen LogP contribution in [0.15, 0.2) is 11.6 Å². The van der Waals surface area contributed by atoms with Crippen LogP contribution in [-0.2, 0) is 56.9 Å². The molecule has 6 heterocycles. The number of carbonyl (C=O) groups is 1. The molecule has 6 aliphatic heterocycles. The van der Waals surface area contributed by atoms with Crippen molar-refractivity contribution in [1.29, 1.82) is 0 Å². The molecule has 29 nitrogen and oxygen atoms in total. The maximum absolute atomic E-state index is 14.8. The van der Waals surface area contributed by atoms with Crippen LogP contribution >= 0.6 is 0 Å². The lowest BCUT2D eigenvalue weighted by Gasteiger charge is -2.57. The standard InChI is InChI=1S/C56H90O29/c1-20(18-75-49-43(71)39(67)36(64)29(14-57)78-49)7-10-56(74)21(2)34-28(85-56)12-26-24-6-5-22-11-23(8-9-54(22,3)25(24)13-33(62)55(26,34)4)77-51-45(73)41(69)46(32(17-60)81-51)82-53-48(84-52-44(72)40(68)37(65)30(15-58)79-52)47(38(66)31(16-59)80-53)83-50-42(70)35(63)27(61)19-76-50/h5,20-21,23-32,34-53,57-61,63-74H,6-19H2,1-4H3. The van der Waals surface area contributed by atoms with E-state index in [-0.39, 0.29) is 54.5 Å². The molecule has 3 saturated carbocycles. The predicted octanol–water partition coefficient (Wildman–Crippen LogP) is -6.39. The van der Waals surface area contributed by atoms with Crippen molar-refractivity contribution < 1.29 is 144 Å². The fraction of sp³-hybridized carbons (Fsp3) is 0.946. The highest BCUT2D eigenvalue weighted by atomic mass is 16.8. The lowest BCUT2D eigenvalue weighted by atomic mass is 9.46. The summed E-state index contributed by atoms with van der Waals surface area (Å²) in [5, 5.41) is 182. The first kappa shape index (κ1) is 66.2. The minimum atomic E-state index is -2.04. The van der Waals surface area contributed by atoms with Crippen LogP contribution in [0, 0.1) is 46.3 Å². The van der Waals surface area contributed by atoms with Crippen molar-refractivity contribution in [3.05, 3.63) is 11.6 Å². The summed E-state index contributed by atoms with van der Waals surface area (Å²) >= 11 is 0. The number of ether oxygens (including phenoxy) is 11. The van der Waals surface area contributed by atoms with Gasteiger partial charge in [-0.05, 0) is 67.6 Å². The summed E-state index contributed by atoms with van der Waals surface area (Å²) in [5.41, 5.74) is -0.102. The van der Waals surface area contributed by atoms with Crippen LogP contribution in [0.2, 0.25) is 0 Å². The molecule has 17 N–H and O–H groups in total. The molecule has 35 unspecified atom stereocenters. The second-order valence-electron chi connectivity index (χ2n) is 26.1. The molecule has 9 fully saturated rings. The number of fused-ring (bicyclic) bond motifs is 7. The van der Waals surface area contributed by atoms with Gasteiger partial charge in [0.05, 0.1) is 51.8 Å². The molecule has 488 valence electrons. The first-order valence-electron chi connectivity index (χ1n) is 29.9. The number of ketones is 1. The van der Waals surface area contributed by atoms with Gasteiger partial charge in [-0.25, -0.2) is 0 Å². The highest BCUT2D eigenvalue weighted by Gasteiger charge is 2.71. The highest BCUT2D eigenvalue weighted by Crippen LogP contribution is 2.69. The van der Waals surface area contributed by atoms with Crippen molar-refractivity contribution in [2.45, 2.75) is 244 Å².